The molecule has 0 aromatic carbocycles. The van der Waals surface area contributed by atoms with Crippen LogP contribution in [-0.4, -0.2) is 44.7 Å². The second kappa shape index (κ2) is 21.5. The van der Waals surface area contributed by atoms with Gasteiger partial charge in [0.05, 0.1) is 0 Å². The zero-order chi connectivity index (χ0) is 20.0. The van der Waals surface area contributed by atoms with E-state index in [4.69, 9.17) is 0 Å². The van der Waals surface area contributed by atoms with Gasteiger partial charge >= 0.3 is 6.03 Å². The molecule has 0 heterocycles. The van der Waals surface area contributed by atoms with E-state index in [9.17, 15) is 4.79 Å². The maximum atomic E-state index is 11.5. The highest BCUT2D eigenvalue weighted by Gasteiger charge is 1.99. The Bertz CT molecular complexity index is 308. The lowest BCUT2D eigenvalue weighted by atomic mass is 10.0. The van der Waals surface area contributed by atoms with Crippen molar-refractivity contribution >= 4 is 6.03 Å². The van der Waals surface area contributed by atoms with E-state index in [-0.39, 0.29) is 6.03 Å². The molecule has 27 heavy (non-hydrogen) atoms. The molecule has 0 saturated heterocycles. The van der Waals surface area contributed by atoms with Crippen molar-refractivity contribution in [1.29, 1.82) is 0 Å². The smallest absolute Gasteiger partial charge is 0.314 e. The molecule has 162 valence electrons. The fourth-order valence-electron chi connectivity index (χ4n) is 3.33. The predicted octanol–water partition coefficient (Wildman–Crippen LogP) is 6.11. The Balaban J connectivity index is 3.09. The van der Waals surface area contributed by atoms with Crippen LogP contribution in [0.1, 0.15) is 110 Å². The van der Waals surface area contributed by atoms with Gasteiger partial charge in [0.15, 0.2) is 0 Å². The Hall–Kier alpha value is -0.770. The van der Waals surface area contributed by atoms with Crippen LogP contribution in [0.5, 0.6) is 0 Å². The first kappa shape index (κ1) is 26.2. The molecule has 0 aromatic heterocycles. The maximum Gasteiger partial charge on any atom is 0.314 e. The summed E-state index contributed by atoms with van der Waals surface area (Å²) in [5.41, 5.74) is 0. The summed E-state index contributed by atoms with van der Waals surface area (Å²) in [7, 11) is 4.02. The monoisotopic (exact) mass is 383 g/mol. The second-order valence-corrected chi connectivity index (χ2v) is 8.29. The zero-order valence-electron chi connectivity index (χ0n) is 18.8. The lowest BCUT2D eigenvalue weighted by Crippen LogP contribution is -2.39. The van der Waals surface area contributed by atoms with Crippen molar-refractivity contribution in [3.63, 3.8) is 0 Å². The molecule has 2 N–H and O–H groups in total. The van der Waals surface area contributed by atoms with Crippen LogP contribution >= 0.6 is 0 Å². The van der Waals surface area contributed by atoms with Crippen LogP contribution in [0.2, 0.25) is 0 Å². The van der Waals surface area contributed by atoms with E-state index >= 15 is 0 Å². The Labute approximate surface area is 170 Å². The lowest BCUT2D eigenvalue weighted by Gasteiger charge is -2.11. The van der Waals surface area contributed by atoms with Gasteiger partial charge in [-0.15, -0.1) is 0 Å². The van der Waals surface area contributed by atoms with Gasteiger partial charge < -0.3 is 15.5 Å². The largest absolute Gasteiger partial charge is 0.338 e. The van der Waals surface area contributed by atoms with Crippen molar-refractivity contribution in [2.45, 2.75) is 110 Å². The molecule has 0 aliphatic heterocycles. The second-order valence-electron chi connectivity index (χ2n) is 8.29. The summed E-state index contributed by atoms with van der Waals surface area (Å²) in [5, 5.41) is 5.81. The number of nitrogens with zero attached hydrogens (tertiary/aromatic N) is 1. The summed E-state index contributed by atoms with van der Waals surface area (Å²) in [5.74, 6) is 0. The average Bonchev–Trinajstić information content (AvgIpc) is 2.64. The number of nitrogens with one attached hydrogen (secondary N) is 2. The lowest BCUT2D eigenvalue weighted by molar-refractivity contribution is 0.239. The van der Waals surface area contributed by atoms with Crippen LogP contribution < -0.4 is 10.6 Å². The van der Waals surface area contributed by atoms with Gasteiger partial charge in [-0.1, -0.05) is 103 Å². The molecule has 0 aliphatic rings. The zero-order valence-corrected chi connectivity index (χ0v) is 18.8. The molecule has 0 unspecified atom stereocenters. The molecule has 0 aromatic rings. The van der Waals surface area contributed by atoms with Crippen LogP contribution in [0.25, 0.3) is 0 Å². The van der Waals surface area contributed by atoms with E-state index in [1.54, 1.807) is 0 Å². The Kier molecular flexibility index (Phi) is 20.9. The van der Waals surface area contributed by atoms with Crippen molar-refractivity contribution in [1.82, 2.24) is 15.5 Å². The van der Waals surface area contributed by atoms with E-state index in [2.05, 4.69) is 22.5 Å². The summed E-state index contributed by atoms with van der Waals surface area (Å²) >= 11 is 0. The first-order valence-corrected chi connectivity index (χ1v) is 11.8. The Morgan fingerprint density at radius 1 is 0.593 bits per heavy atom. The van der Waals surface area contributed by atoms with E-state index in [0.29, 0.717) is 6.54 Å². The van der Waals surface area contributed by atoms with Gasteiger partial charge in [-0.3, -0.25) is 0 Å². The summed E-state index contributed by atoms with van der Waals surface area (Å²) in [6, 6.07) is -0.0298. The number of unbranched alkanes of at least 4 members (excludes halogenated alkanes) is 15. The topological polar surface area (TPSA) is 44.4 Å². The van der Waals surface area contributed by atoms with Crippen molar-refractivity contribution < 1.29 is 4.79 Å². The molecule has 0 spiro atoms. The highest BCUT2D eigenvalue weighted by atomic mass is 16.2. The van der Waals surface area contributed by atoms with Crippen LogP contribution in [0, 0.1) is 0 Å². The minimum absolute atomic E-state index is 0.0298. The third-order valence-corrected chi connectivity index (χ3v) is 5.16. The van der Waals surface area contributed by atoms with E-state index in [1.807, 2.05) is 14.1 Å². The van der Waals surface area contributed by atoms with Crippen LogP contribution in [0.3, 0.4) is 0 Å². The minimum atomic E-state index is -0.0298. The summed E-state index contributed by atoms with van der Waals surface area (Å²) in [4.78, 5) is 13.6. The van der Waals surface area contributed by atoms with Crippen LogP contribution in [0.4, 0.5) is 4.79 Å². The van der Waals surface area contributed by atoms with Gasteiger partial charge in [0.1, 0.15) is 0 Å². The first-order chi connectivity index (χ1) is 13.2. The van der Waals surface area contributed by atoms with Crippen molar-refractivity contribution in [2.75, 3.05) is 33.7 Å². The SMILES string of the molecule is CCCCCCCCCCCCCCCCCCNC(=O)NCCN(C)C. The number of rotatable bonds is 20. The van der Waals surface area contributed by atoms with Crippen molar-refractivity contribution in [3.05, 3.63) is 0 Å². The Morgan fingerprint density at radius 3 is 1.37 bits per heavy atom. The van der Waals surface area contributed by atoms with Gasteiger partial charge in [-0.05, 0) is 20.5 Å². The number of hydrogen-bond acceptors (Lipinski definition) is 2. The molecular weight excluding hydrogens is 334 g/mol. The molecule has 0 rings (SSSR count). The molecule has 4 nitrogen and oxygen atoms in total. The number of likely N-dealkylation sites (N-methyl/N-ethyl adjacent to an activating group) is 1. The number of carbonyl (C=O) groups is 1. The summed E-state index contributed by atoms with van der Waals surface area (Å²) in [6.45, 7) is 4.67. The molecule has 4 heteroatoms. The molecule has 0 radical (unpaired) electrons. The minimum Gasteiger partial charge on any atom is -0.338 e. The van der Waals surface area contributed by atoms with Gasteiger partial charge in [0.25, 0.3) is 0 Å². The van der Waals surface area contributed by atoms with Crippen LogP contribution in [-0.2, 0) is 0 Å². The third kappa shape index (κ3) is 23.2. The maximum absolute atomic E-state index is 11.5. The number of hydrogen-bond donors (Lipinski definition) is 2. The molecule has 0 saturated carbocycles. The number of carbonyl (C=O) groups excluding carboxylic acids is 1. The molecule has 2 amide bonds. The highest BCUT2D eigenvalue weighted by Crippen LogP contribution is 2.13. The Morgan fingerprint density at radius 2 is 0.963 bits per heavy atom. The van der Waals surface area contributed by atoms with Crippen LogP contribution in [0.15, 0.2) is 0 Å². The van der Waals surface area contributed by atoms with Crippen molar-refractivity contribution in [3.8, 4) is 0 Å². The molecule has 0 aliphatic carbocycles. The van der Waals surface area contributed by atoms with Crippen molar-refractivity contribution in [2.24, 2.45) is 0 Å². The fourth-order valence-corrected chi connectivity index (χ4v) is 3.33. The number of amides is 2. The van der Waals surface area contributed by atoms with E-state index < -0.39 is 0 Å². The van der Waals surface area contributed by atoms with Gasteiger partial charge in [-0.25, -0.2) is 4.79 Å². The molecular formula is C23H49N3O. The molecule has 0 bridgehead atoms. The molecule has 0 atom stereocenters. The van der Waals surface area contributed by atoms with Gasteiger partial charge in [-0.2, -0.15) is 0 Å². The normalized spacial score (nSPS) is 11.1. The third-order valence-electron chi connectivity index (χ3n) is 5.16. The fraction of sp³-hybridized carbons (Fsp3) is 0.957. The van der Waals surface area contributed by atoms with Gasteiger partial charge in [0, 0.05) is 19.6 Å². The predicted molar refractivity (Wildman–Crippen MR) is 120 cm³/mol. The highest BCUT2D eigenvalue weighted by molar-refractivity contribution is 5.73. The standard InChI is InChI=1S/C23H49N3O/c1-4-5-6-7-8-9-10-11-12-13-14-15-16-17-18-19-20-24-23(27)25-21-22-26(2)3/h4-22H2,1-3H3,(H2,24,25,27). The van der Waals surface area contributed by atoms with Gasteiger partial charge in [0.2, 0.25) is 0 Å². The average molecular weight is 384 g/mol. The molecule has 0 fully saturated rings. The summed E-state index contributed by atoms with van der Waals surface area (Å²) in [6.07, 6.45) is 22.1. The summed E-state index contributed by atoms with van der Waals surface area (Å²) < 4.78 is 0. The number of urea groups is 1. The van der Waals surface area contributed by atoms with E-state index in [0.717, 1.165) is 19.5 Å². The first-order valence-electron chi connectivity index (χ1n) is 11.8. The quantitative estimate of drug-likeness (QED) is 0.249. The van der Waals surface area contributed by atoms with E-state index in [1.165, 1.54) is 96.3 Å².